The van der Waals surface area contributed by atoms with Gasteiger partial charge in [0.05, 0.1) is 23.3 Å². The summed E-state index contributed by atoms with van der Waals surface area (Å²) in [7, 11) is 0. The topological polar surface area (TPSA) is 115 Å². The molecular formula is C29H38N6O3. The van der Waals surface area contributed by atoms with E-state index in [9.17, 15) is 15.2 Å². The Bertz CT molecular complexity index is 1210. The predicted molar refractivity (Wildman–Crippen MR) is 144 cm³/mol. The Labute approximate surface area is 224 Å². The molecule has 9 nitrogen and oxygen atoms in total. The number of nitriles is 1. The molecule has 202 valence electrons. The SMILES string of the molecule is Cc1cc(OC2C(C)(C)C(NC(=O)c3cnc(N4CCC(N5CC(O)C5)CC4)nc3)C2(C)C)ccc1C#N. The van der Waals surface area contributed by atoms with Gasteiger partial charge in [-0.25, -0.2) is 9.97 Å². The number of aliphatic hydroxyl groups excluding tert-OH is 1. The second kappa shape index (κ2) is 9.83. The van der Waals surface area contributed by atoms with Crippen molar-refractivity contribution in [2.75, 3.05) is 31.1 Å². The van der Waals surface area contributed by atoms with Gasteiger partial charge in [0.15, 0.2) is 0 Å². The lowest BCUT2D eigenvalue weighted by Crippen LogP contribution is -2.74. The number of carbonyl (C=O) groups is 1. The van der Waals surface area contributed by atoms with Crippen LogP contribution < -0.4 is 15.0 Å². The lowest BCUT2D eigenvalue weighted by molar-refractivity contribution is -0.164. The van der Waals surface area contributed by atoms with E-state index in [-0.39, 0.29) is 35.0 Å². The van der Waals surface area contributed by atoms with E-state index in [1.165, 1.54) is 0 Å². The number of carbonyl (C=O) groups excluding carboxylic acids is 1. The minimum Gasteiger partial charge on any atom is -0.489 e. The summed E-state index contributed by atoms with van der Waals surface area (Å²) in [5.41, 5.74) is 1.35. The van der Waals surface area contributed by atoms with E-state index < -0.39 is 0 Å². The number of β-amino-alcohol motifs (C(OH)–C–C–N with tert-alkyl or cyclic N) is 1. The zero-order chi connectivity index (χ0) is 27.2. The number of nitrogens with one attached hydrogen (secondary N) is 1. The Balaban J connectivity index is 1.18. The van der Waals surface area contributed by atoms with E-state index in [1.54, 1.807) is 18.5 Å². The van der Waals surface area contributed by atoms with Crippen molar-refractivity contribution in [1.82, 2.24) is 20.2 Å². The van der Waals surface area contributed by atoms with Gasteiger partial charge in [-0.15, -0.1) is 0 Å². The fourth-order valence-corrected chi connectivity index (χ4v) is 6.80. The zero-order valence-electron chi connectivity index (χ0n) is 22.9. The van der Waals surface area contributed by atoms with Crippen LogP contribution in [0.25, 0.3) is 0 Å². The van der Waals surface area contributed by atoms with Crippen LogP contribution in [-0.4, -0.2) is 76.4 Å². The molecule has 1 saturated carbocycles. The van der Waals surface area contributed by atoms with Gasteiger partial charge in [0.2, 0.25) is 5.95 Å². The number of aromatic nitrogens is 2. The number of hydrogen-bond donors (Lipinski definition) is 2. The van der Waals surface area contributed by atoms with E-state index >= 15 is 0 Å². The third-order valence-electron chi connectivity index (χ3n) is 8.74. The van der Waals surface area contributed by atoms with Gasteiger partial charge in [0.1, 0.15) is 11.9 Å². The van der Waals surface area contributed by atoms with Crippen molar-refractivity contribution < 1.29 is 14.6 Å². The Hall–Kier alpha value is -3.22. The molecule has 0 radical (unpaired) electrons. The van der Waals surface area contributed by atoms with Crippen LogP contribution in [0.2, 0.25) is 0 Å². The Morgan fingerprint density at radius 1 is 1.13 bits per heavy atom. The van der Waals surface area contributed by atoms with Crippen molar-refractivity contribution in [2.24, 2.45) is 10.8 Å². The molecule has 2 aliphatic heterocycles. The van der Waals surface area contributed by atoms with Gasteiger partial charge in [-0.1, -0.05) is 27.7 Å². The van der Waals surface area contributed by atoms with Gasteiger partial charge in [-0.3, -0.25) is 9.69 Å². The van der Waals surface area contributed by atoms with Gasteiger partial charge >= 0.3 is 0 Å². The number of likely N-dealkylation sites (tertiary alicyclic amines) is 1. The van der Waals surface area contributed by atoms with E-state index in [0.29, 0.717) is 23.1 Å². The summed E-state index contributed by atoms with van der Waals surface area (Å²) in [5.74, 6) is 1.19. The standard InChI is InChI=1S/C29H38N6O3/c1-18-12-23(7-6-19(18)13-30)38-26-28(2,3)25(29(26,4)5)33-24(37)20-14-31-27(32-15-20)34-10-8-21(9-11-34)35-16-22(36)17-35/h6-7,12,14-15,21-22,25-26,36H,8-11,16-17H2,1-5H3,(H,33,37). The fourth-order valence-electron chi connectivity index (χ4n) is 6.80. The maximum Gasteiger partial charge on any atom is 0.254 e. The number of hydrogen-bond acceptors (Lipinski definition) is 8. The highest BCUT2D eigenvalue weighted by Crippen LogP contribution is 2.55. The van der Waals surface area contributed by atoms with Crippen LogP contribution in [0.15, 0.2) is 30.6 Å². The van der Waals surface area contributed by atoms with Gasteiger partial charge in [-0.2, -0.15) is 5.26 Å². The summed E-state index contributed by atoms with van der Waals surface area (Å²) in [6.07, 6.45) is 4.99. The molecule has 0 bridgehead atoms. The number of nitrogens with zero attached hydrogens (tertiary/aromatic N) is 5. The molecule has 2 saturated heterocycles. The molecule has 3 heterocycles. The van der Waals surface area contributed by atoms with Crippen LogP contribution in [0.3, 0.4) is 0 Å². The van der Waals surface area contributed by atoms with Gasteiger partial charge in [-0.05, 0) is 43.5 Å². The molecule has 3 aliphatic rings. The number of aryl methyl sites for hydroxylation is 1. The summed E-state index contributed by atoms with van der Waals surface area (Å²) in [6.45, 7) is 13.6. The van der Waals surface area contributed by atoms with Gasteiger partial charge in [0, 0.05) is 61.5 Å². The highest BCUT2D eigenvalue weighted by atomic mass is 16.5. The van der Waals surface area contributed by atoms with Crippen LogP contribution in [-0.2, 0) is 0 Å². The normalized spacial score (nSPS) is 25.1. The number of aliphatic hydroxyl groups is 1. The monoisotopic (exact) mass is 518 g/mol. The molecule has 1 aromatic carbocycles. The summed E-state index contributed by atoms with van der Waals surface area (Å²) in [6, 6.07) is 8.11. The maximum absolute atomic E-state index is 13.2. The molecular weight excluding hydrogens is 480 g/mol. The van der Waals surface area contributed by atoms with Crippen LogP contribution in [0.5, 0.6) is 5.75 Å². The number of piperidine rings is 1. The van der Waals surface area contributed by atoms with Crippen molar-refractivity contribution in [2.45, 2.75) is 71.8 Å². The first-order valence-electron chi connectivity index (χ1n) is 13.5. The lowest BCUT2D eigenvalue weighted by atomic mass is 9.49. The van der Waals surface area contributed by atoms with Crippen LogP contribution in [0.1, 0.15) is 62.0 Å². The van der Waals surface area contributed by atoms with Crippen LogP contribution in [0.4, 0.5) is 5.95 Å². The molecule has 3 fully saturated rings. The van der Waals surface area contributed by atoms with E-state index in [0.717, 1.165) is 50.3 Å². The average molecular weight is 519 g/mol. The first-order valence-corrected chi connectivity index (χ1v) is 13.5. The van der Waals surface area contributed by atoms with Crippen molar-refractivity contribution in [3.05, 3.63) is 47.3 Å². The number of ether oxygens (including phenoxy) is 1. The molecule has 0 atom stereocenters. The first kappa shape index (κ1) is 26.4. The molecule has 2 aromatic rings. The second-order valence-electron chi connectivity index (χ2n) is 12.2. The van der Waals surface area contributed by atoms with Crippen molar-refractivity contribution >= 4 is 11.9 Å². The van der Waals surface area contributed by atoms with Crippen molar-refractivity contribution in [3.8, 4) is 11.8 Å². The minimum absolute atomic E-state index is 0.106. The highest BCUT2D eigenvalue weighted by molar-refractivity contribution is 5.94. The molecule has 1 aromatic heterocycles. The Morgan fingerprint density at radius 2 is 1.76 bits per heavy atom. The number of rotatable bonds is 6. The van der Waals surface area contributed by atoms with Crippen molar-refractivity contribution in [1.29, 1.82) is 5.26 Å². The molecule has 38 heavy (non-hydrogen) atoms. The quantitative estimate of drug-likeness (QED) is 0.600. The Morgan fingerprint density at radius 3 is 2.32 bits per heavy atom. The summed E-state index contributed by atoms with van der Waals surface area (Å²) < 4.78 is 6.39. The summed E-state index contributed by atoms with van der Waals surface area (Å²) in [4.78, 5) is 26.7. The van der Waals surface area contributed by atoms with Crippen LogP contribution >= 0.6 is 0 Å². The van der Waals surface area contributed by atoms with Gasteiger partial charge < -0.3 is 20.1 Å². The predicted octanol–water partition coefficient (Wildman–Crippen LogP) is 2.91. The summed E-state index contributed by atoms with van der Waals surface area (Å²) in [5, 5.41) is 22.0. The highest BCUT2D eigenvalue weighted by Gasteiger charge is 2.64. The maximum atomic E-state index is 13.2. The fraction of sp³-hybridized carbons (Fsp3) is 0.586. The van der Waals surface area contributed by atoms with E-state index in [1.807, 2.05) is 19.1 Å². The molecule has 1 aliphatic carbocycles. The summed E-state index contributed by atoms with van der Waals surface area (Å²) >= 11 is 0. The number of benzene rings is 1. The lowest BCUT2D eigenvalue weighted by Gasteiger charge is -2.63. The third-order valence-corrected chi connectivity index (χ3v) is 8.74. The molecule has 1 amide bonds. The Kier molecular flexibility index (Phi) is 6.82. The third kappa shape index (κ3) is 4.72. The molecule has 2 N–H and O–H groups in total. The number of anilines is 1. The average Bonchev–Trinajstić information content (AvgIpc) is 2.88. The van der Waals surface area contributed by atoms with Crippen molar-refractivity contribution in [3.63, 3.8) is 0 Å². The molecule has 0 unspecified atom stereocenters. The zero-order valence-corrected chi connectivity index (χ0v) is 22.9. The second-order valence-corrected chi connectivity index (χ2v) is 12.2. The molecule has 5 rings (SSSR count). The molecule has 9 heteroatoms. The minimum atomic E-state index is -0.307. The molecule has 0 spiro atoms. The first-order chi connectivity index (χ1) is 18.0. The van der Waals surface area contributed by atoms with E-state index in [4.69, 9.17) is 4.74 Å². The van der Waals surface area contributed by atoms with E-state index in [2.05, 4.69) is 58.8 Å². The van der Waals surface area contributed by atoms with Gasteiger partial charge in [0.25, 0.3) is 5.91 Å². The number of amides is 1. The largest absolute Gasteiger partial charge is 0.489 e. The smallest absolute Gasteiger partial charge is 0.254 e. The van der Waals surface area contributed by atoms with Crippen LogP contribution in [0, 0.1) is 29.1 Å².